The number of nitro benzene ring substituents is 1. The minimum absolute atomic E-state index is 0.0609. The highest BCUT2D eigenvalue weighted by Crippen LogP contribution is 2.62. The van der Waals surface area contributed by atoms with Crippen LogP contribution < -0.4 is 15.2 Å². The summed E-state index contributed by atoms with van der Waals surface area (Å²) in [5.74, 6) is -1.85. The molecule has 204 valence electrons. The van der Waals surface area contributed by atoms with Crippen molar-refractivity contribution in [1.29, 1.82) is 0 Å². The second-order valence-electron chi connectivity index (χ2n) is 10.9. The number of nitrogens with zero attached hydrogens (tertiary/aromatic N) is 5. The molecule has 0 N–H and O–H groups in total. The maximum absolute atomic E-state index is 14.6. The summed E-state index contributed by atoms with van der Waals surface area (Å²) in [5.41, 5.74) is 0.554. The summed E-state index contributed by atoms with van der Waals surface area (Å²) in [6.07, 6.45) is 1.55. The number of rotatable bonds is 3. The van der Waals surface area contributed by atoms with Crippen molar-refractivity contribution in [3.05, 3.63) is 98.6 Å². The van der Waals surface area contributed by atoms with Gasteiger partial charge in [-0.3, -0.25) is 34.0 Å². The first-order valence-electron chi connectivity index (χ1n) is 13.5. The van der Waals surface area contributed by atoms with Gasteiger partial charge in [0.25, 0.3) is 11.2 Å². The van der Waals surface area contributed by atoms with Crippen LogP contribution in [-0.4, -0.2) is 50.9 Å². The van der Waals surface area contributed by atoms with E-state index in [1.807, 2.05) is 30.3 Å². The number of carbonyl (C=O) groups excluding carboxylic acids is 2. The Labute approximate surface area is 232 Å². The molecule has 1 spiro atoms. The second kappa shape index (κ2) is 8.07. The molecular formula is C30H23N5O6. The smallest absolute Gasteiger partial charge is 0.273 e. The summed E-state index contributed by atoms with van der Waals surface area (Å²) in [4.78, 5) is 62.1. The number of fused-ring (bicyclic) bond motifs is 11. The Bertz CT molecular complexity index is 1920. The molecule has 1 aromatic heterocycles. The predicted molar refractivity (Wildman–Crippen MR) is 147 cm³/mol. The van der Waals surface area contributed by atoms with Gasteiger partial charge in [-0.25, -0.2) is 9.88 Å². The Kier molecular flexibility index (Phi) is 4.71. The molecule has 11 nitrogen and oxygen atoms in total. The largest absolute Gasteiger partial charge is 0.494 e. The molecule has 4 atom stereocenters. The van der Waals surface area contributed by atoms with Crippen LogP contribution >= 0.6 is 0 Å². The molecular weight excluding hydrogens is 526 g/mol. The van der Waals surface area contributed by atoms with Gasteiger partial charge in [-0.1, -0.05) is 30.3 Å². The lowest BCUT2D eigenvalue weighted by molar-refractivity contribution is -0.384. The number of anilines is 1. The Morgan fingerprint density at radius 3 is 2.59 bits per heavy atom. The third kappa shape index (κ3) is 2.76. The predicted octanol–water partition coefficient (Wildman–Crippen LogP) is 3.14. The summed E-state index contributed by atoms with van der Waals surface area (Å²) >= 11 is 0. The van der Waals surface area contributed by atoms with E-state index in [2.05, 4.69) is 4.90 Å². The molecule has 4 aliphatic heterocycles. The number of hydrogen-bond acceptors (Lipinski definition) is 8. The van der Waals surface area contributed by atoms with Crippen LogP contribution in [-0.2, 0) is 15.1 Å². The zero-order valence-electron chi connectivity index (χ0n) is 21.9. The van der Waals surface area contributed by atoms with Gasteiger partial charge in [-0.15, -0.1) is 0 Å². The molecule has 4 aromatic rings. The average molecular weight is 550 g/mol. The second-order valence-corrected chi connectivity index (χ2v) is 10.9. The first-order valence-corrected chi connectivity index (χ1v) is 13.5. The van der Waals surface area contributed by atoms with Gasteiger partial charge in [0.2, 0.25) is 11.8 Å². The summed E-state index contributed by atoms with van der Waals surface area (Å²) < 4.78 is 7.04. The van der Waals surface area contributed by atoms with Gasteiger partial charge in [0, 0.05) is 17.7 Å². The quantitative estimate of drug-likeness (QED) is 0.217. The van der Waals surface area contributed by atoms with Gasteiger partial charge in [-0.2, -0.15) is 0 Å². The Morgan fingerprint density at radius 1 is 1.00 bits per heavy atom. The molecule has 2 amide bonds. The van der Waals surface area contributed by atoms with Crippen molar-refractivity contribution in [2.24, 2.45) is 11.8 Å². The van der Waals surface area contributed by atoms with E-state index in [1.54, 1.807) is 22.8 Å². The Morgan fingerprint density at radius 2 is 1.78 bits per heavy atom. The van der Waals surface area contributed by atoms with Crippen LogP contribution in [0.2, 0.25) is 0 Å². The van der Waals surface area contributed by atoms with Crippen molar-refractivity contribution in [2.75, 3.05) is 18.6 Å². The van der Waals surface area contributed by atoms with E-state index in [0.717, 1.165) is 16.9 Å². The molecule has 0 saturated carbocycles. The molecule has 3 aromatic carbocycles. The van der Waals surface area contributed by atoms with Gasteiger partial charge in [0.1, 0.15) is 17.1 Å². The number of aromatic nitrogens is 2. The highest BCUT2D eigenvalue weighted by atomic mass is 16.6. The number of imide groups is 1. The minimum Gasteiger partial charge on any atom is -0.494 e. The fraction of sp³-hybridized carbons (Fsp3) is 0.267. The van der Waals surface area contributed by atoms with Crippen LogP contribution in [0.25, 0.3) is 16.6 Å². The lowest BCUT2D eigenvalue weighted by Crippen LogP contribution is -2.51. The van der Waals surface area contributed by atoms with Crippen LogP contribution in [0, 0.1) is 22.0 Å². The molecule has 0 bridgehead atoms. The number of amides is 2. The lowest BCUT2D eigenvalue weighted by atomic mass is 9.75. The third-order valence-electron chi connectivity index (χ3n) is 9.26. The zero-order valence-corrected chi connectivity index (χ0v) is 21.9. The molecule has 3 fully saturated rings. The monoisotopic (exact) mass is 549 g/mol. The van der Waals surface area contributed by atoms with Crippen molar-refractivity contribution in [3.63, 3.8) is 0 Å². The molecule has 41 heavy (non-hydrogen) atoms. The van der Waals surface area contributed by atoms with Crippen molar-refractivity contribution < 1.29 is 19.2 Å². The molecule has 4 aliphatic rings. The molecule has 11 heteroatoms. The number of para-hydroxylation sites is 2. The topological polar surface area (TPSA) is 128 Å². The van der Waals surface area contributed by atoms with E-state index in [0.29, 0.717) is 35.4 Å². The third-order valence-corrected chi connectivity index (χ3v) is 9.26. The van der Waals surface area contributed by atoms with Gasteiger partial charge in [0.15, 0.2) is 0 Å². The molecule has 8 rings (SSSR count). The lowest BCUT2D eigenvalue weighted by Gasteiger charge is -2.38. The first kappa shape index (κ1) is 23.9. The van der Waals surface area contributed by atoms with Crippen LogP contribution in [0.5, 0.6) is 5.75 Å². The van der Waals surface area contributed by atoms with Crippen LogP contribution in [0.1, 0.15) is 24.2 Å². The number of carbonyl (C=O) groups is 2. The van der Waals surface area contributed by atoms with Crippen molar-refractivity contribution in [3.8, 4) is 11.4 Å². The Balaban J connectivity index is 1.40. The molecule has 3 saturated heterocycles. The highest BCUT2D eigenvalue weighted by molar-refractivity contribution is 6.24. The van der Waals surface area contributed by atoms with E-state index < -0.39 is 28.2 Å². The Hall–Kier alpha value is -4.90. The molecule has 0 unspecified atom stereocenters. The van der Waals surface area contributed by atoms with Gasteiger partial charge in [0.05, 0.1) is 52.2 Å². The molecule has 5 heterocycles. The van der Waals surface area contributed by atoms with E-state index in [9.17, 15) is 24.5 Å². The fourth-order valence-corrected chi connectivity index (χ4v) is 7.82. The maximum Gasteiger partial charge on any atom is 0.273 e. The summed E-state index contributed by atoms with van der Waals surface area (Å²) in [7, 11) is 1.35. The zero-order chi connectivity index (χ0) is 28.2. The van der Waals surface area contributed by atoms with Crippen molar-refractivity contribution in [2.45, 2.75) is 24.4 Å². The number of hydrogen-bond donors (Lipinski definition) is 0. The minimum atomic E-state index is -1.14. The van der Waals surface area contributed by atoms with Crippen LogP contribution in [0.4, 0.5) is 11.4 Å². The average Bonchev–Trinajstić information content (AvgIpc) is 3.70. The van der Waals surface area contributed by atoms with Crippen molar-refractivity contribution in [1.82, 2.24) is 14.5 Å². The first-order chi connectivity index (χ1) is 19.9. The van der Waals surface area contributed by atoms with Gasteiger partial charge in [-0.05, 0) is 43.7 Å². The molecule has 0 aliphatic carbocycles. The van der Waals surface area contributed by atoms with E-state index >= 15 is 0 Å². The normalized spacial score (nSPS) is 26.0. The van der Waals surface area contributed by atoms with Gasteiger partial charge < -0.3 is 4.74 Å². The number of methoxy groups -OCH3 is 1. The summed E-state index contributed by atoms with van der Waals surface area (Å²) in [5, 5.41) is 11.9. The molecule has 0 radical (unpaired) electrons. The van der Waals surface area contributed by atoms with E-state index in [-0.39, 0.29) is 34.6 Å². The number of non-ortho nitro benzene ring substituents is 1. The van der Waals surface area contributed by atoms with E-state index in [4.69, 9.17) is 9.72 Å². The highest BCUT2D eigenvalue weighted by Gasteiger charge is 2.74. The van der Waals surface area contributed by atoms with E-state index in [1.165, 1.54) is 25.3 Å². The van der Waals surface area contributed by atoms with Crippen LogP contribution in [0.3, 0.4) is 0 Å². The summed E-state index contributed by atoms with van der Waals surface area (Å²) in [6.45, 7) is 0.649. The standard InChI is InChI=1S/C30H23N5O6/c1-41-23-15-16(35(39)40)12-13-21(23)33-27(37)24-22-11-6-14-32(22)30(25(24)28(33)38)18-8-3-5-10-20(18)34-26(36)17-7-2-4-9-19(17)31-29(30)34/h2-5,7-10,12-13,15,22,24-25H,6,11,14H2,1H3/t22-,24-,25+,30+/m0/s1. The fourth-order valence-electron chi connectivity index (χ4n) is 7.82. The van der Waals surface area contributed by atoms with Crippen molar-refractivity contribution >= 4 is 34.1 Å². The summed E-state index contributed by atoms with van der Waals surface area (Å²) in [6, 6.07) is 18.3. The maximum atomic E-state index is 14.6. The van der Waals surface area contributed by atoms with Gasteiger partial charge >= 0.3 is 0 Å². The SMILES string of the molecule is COc1cc([N+](=O)[O-])ccc1N1C(=O)[C@H]2[C@@H]3CCCN3[C@]3(c4ccccc4-n4c3nc3ccccc3c4=O)[C@H]2C1=O. The number of benzene rings is 3. The van der Waals surface area contributed by atoms with Crippen LogP contribution in [0.15, 0.2) is 71.5 Å². The number of ether oxygens (including phenoxy) is 1. The number of nitro groups is 1.